The molecule has 2 N–H and O–H groups in total. The van der Waals surface area contributed by atoms with Crippen LogP contribution in [-0.2, 0) is 14.6 Å². The summed E-state index contributed by atoms with van der Waals surface area (Å²) in [5, 5.41) is 14.8. The van der Waals surface area contributed by atoms with E-state index in [0.29, 0.717) is 5.69 Å². The van der Waals surface area contributed by atoms with Crippen LogP contribution in [0.25, 0.3) is 0 Å². The van der Waals surface area contributed by atoms with E-state index in [-0.39, 0.29) is 17.1 Å². The van der Waals surface area contributed by atoms with Crippen molar-refractivity contribution in [1.82, 2.24) is 14.9 Å². The van der Waals surface area contributed by atoms with Gasteiger partial charge in [0, 0.05) is 6.26 Å². The van der Waals surface area contributed by atoms with Gasteiger partial charge in [-0.05, 0) is 24.9 Å². The molecule has 1 unspecified atom stereocenters. The summed E-state index contributed by atoms with van der Waals surface area (Å²) in [4.78, 5) is 23.0. The van der Waals surface area contributed by atoms with Crippen LogP contribution in [-0.4, -0.2) is 53.0 Å². The Bertz CT molecular complexity index is 580. The first-order valence-corrected chi connectivity index (χ1v) is 8.04. The highest BCUT2D eigenvalue weighted by molar-refractivity contribution is 7.90. The van der Waals surface area contributed by atoms with E-state index in [9.17, 15) is 18.0 Å². The third kappa shape index (κ3) is 4.91. The topological polar surface area (TPSA) is 126 Å². The summed E-state index contributed by atoms with van der Waals surface area (Å²) in [5.41, 5.74) is 0.398. The zero-order valence-electron chi connectivity index (χ0n) is 10.3. The summed E-state index contributed by atoms with van der Waals surface area (Å²) in [5.74, 6) is -2.22. The molecule has 0 radical (unpaired) electrons. The molecule has 10 heteroatoms. The van der Waals surface area contributed by atoms with Gasteiger partial charge in [-0.3, -0.25) is 4.79 Å². The predicted octanol–water partition coefficient (Wildman–Crippen LogP) is -0.536. The number of nitrogens with zero attached hydrogens (tertiary/aromatic N) is 2. The fraction of sp³-hybridized carbons (Fsp3) is 0.556. The molecule has 8 nitrogen and oxygen atoms in total. The van der Waals surface area contributed by atoms with Crippen LogP contribution in [0, 0.1) is 6.92 Å². The summed E-state index contributed by atoms with van der Waals surface area (Å²) in [6.45, 7) is 1.57. The molecule has 0 fully saturated rings. The molecule has 106 valence electrons. The van der Waals surface area contributed by atoms with Gasteiger partial charge in [0.2, 0.25) is 0 Å². The molecule has 0 spiro atoms. The van der Waals surface area contributed by atoms with E-state index < -0.39 is 27.8 Å². The maximum atomic E-state index is 11.8. The van der Waals surface area contributed by atoms with Gasteiger partial charge in [-0.2, -0.15) is 0 Å². The maximum Gasteiger partial charge on any atom is 0.326 e. The number of sulfone groups is 1. The molecular weight excluding hydrogens is 294 g/mol. The van der Waals surface area contributed by atoms with E-state index in [4.69, 9.17) is 5.11 Å². The molecule has 0 aliphatic carbocycles. The van der Waals surface area contributed by atoms with Crippen LogP contribution in [0.2, 0.25) is 0 Å². The van der Waals surface area contributed by atoms with Crippen LogP contribution in [0.4, 0.5) is 0 Å². The Labute approximate surface area is 113 Å². The average Bonchev–Trinajstić information content (AvgIpc) is 2.68. The van der Waals surface area contributed by atoms with Crippen LogP contribution in [0.15, 0.2) is 0 Å². The van der Waals surface area contributed by atoms with Crippen molar-refractivity contribution >= 4 is 33.2 Å². The van der Waals surface area contributed by atoms with E-state index >= 15 is 0 Å². The van der Waals surface area contributed by atoms with Crippen LogP contribution in [0.1, 0.15) is 21.8 Å². The lowest BCUT2D eigenvalue weighted by atomic mass is 10.2. The molecule has 0 aliphatic rings. The number of aromatic nitrogens is 2. The van der Waals surface area contributed by atoms with Gasteiger partial charge in [0.1, 0.15) is 20.8 Å². The van der Waals surface area contributed by atoms with E-state index in [2.05, 4.69) is 14.9 Å². The number of carboxylic acid groups (broad SMARTS) is 1. The molecule has 1 heterocycles. The first-order chi connectivity index (χ1) is 8.70. The second-order valence-corrected chi connectivity index (χ2v) is 6.98. The van der Waals surface area contributed by atoms with Gasteiger partial charge in [0.25, 0.3) is 5.91 Å². The minimum Gasteiger partial charge on any atom is -0.480 e. The number of carbonyl (C=O) groups excluding carboxylic acids is 1. The number of nitrogens with one attached hydrogen (secondary N) is 1. The first-order valence-electron chi connectivity index (χ1n) is 5.21. The van der Waals surface area contributed by atoms with Crippen molar-refractivity contribution in [1.29, 1.82) is 0 Å². The van der Waals surface area contributed by atoms with Crippen molar-refractivity contribution < 1.29 is 23.1 Å². The molecule has 0 aliphatic heterocycles. The largest absolute Gasteiger partial charge is 0.480 e. The lowest BCUT2D eigenvalue weighted by Gasteiger charge is -2.13. The van der Waals surface area contributed by atoms with Crippen LogP contribution < -0.4 is 5.32 Å². The average molecular weight is 307 g/mol. The van der Waals surface area contributed by atoms with E-state index in [0.717, 1.165) is 17.8 Å². The first kappa shape index (κ1) is 15.5. The smallest absolute Gasteiger partial charge is 0.326 e. The number of hydrogen-bond donors (Lipinski definition) is 2. The summed E-state index contributed by atoms with van der Waals surface area (Å²) >= 11 is 0.851. The van der Waals surface area contributed by atoms with Gasteiger partial charge in [-0.1, -0.05) is 4.49 Å². The van der Waals surface area contributed by atoms with Crippen molar-refractivity contribution in [3.8, 4) is 0 Å². The maximum absolute atomic E-state index is 11.8. The molecule has 19 heavy (non-hydrogen) atoms. The predicted molar refractivity (Wildman–Crippen MR) is 67.9 cm³/mol. The van der Waals surface area contributed by atoms with Gasteiger partial charge in [-0.25, -0.2) is 13.2 Å². The number of aryl methyl sites for hydroxylation is 1. The van der Waals surface area contributed by atoms with Crippen molar-refractivity contribution in [3.05, 3.63) is 10.6 Å². The number of aliphatic carboxylic acids is 1. The Morgan fingerprint density at radius 2 is 2.11 bits per heavy atom. The number of carboxylic acids is 1. The Morgan fingerprint density at radius 1 is 1.47 bits per heavy atom. The quantitative estimate of drug-likeness (QED) is 0.723. The fourth-order valence-corrected chi connectivity index (χ4v) is 2.48. The summed E-state index contributed by atoms with van der Waals surface area (Å²) in [6, 6.07) is -1.26. The minimum atomic E-state index is -3.29. The number of rotatable bonds is 6. The summed E-state index contributed by atoms with van der Waals surface area (Å²) in [6.07, 6.45) is 0.816. The Hall–Kier alpha value is -1.55. The number of carbonyl (C=O) groups is 2. The molecule has 1 amide bonds. The van der Waals surface area contributed by atoms with Gasteiger partial charge >= 0.3 is 5.97 Å². The molecule has 1 aromatic heterocycles. The lowest BCUT2D eigenvalue weighted by Crippen LogP contribution is -2.41. The molecule has 0 saturated heterocycles. The lowest BCUT2D eigenvalue weighted by molar-refractivity contribution is -0.139. The number of amides is 1. The molecule has 1 rings (SSSR count). The van der Waals surface area contributed by atoms with Gasteiger partial charge in [0.15, 0.2) is 0 Å². The Balaban J connectivity index is 2.72. The highest BCUT2D eigenvalue weighted by Crippen LogP contribution is 2.09. The summed E-state index contributed by atoms with van der Waals surface area (Å²) < 4.78 is 25.6. The molecule has 0 saturated carbocycles. The third-order valence-corrected chi connectivity index (χ3v) is 4.04. The zero-order valence-corrected chi connectivity index (χ0v) is 11.9. The van der Waals surface area contributed by atoms with Crippen LogP contribution in [0.3, 0.4) is 0 Å². The van der Waals surface area contributed by atoms with Gasteiger partial charge in [0.05, 0.1) is 11.4 Å². The second-order valence-electron chi connectivity index (χ2n) is 3.97. The van der Waals surface area contributed by atoms with E-state index in [1.54, 1.807) is 6.92 Å². The fourth-order valence-electron chi connectivity index (χ4n) is 1.25. The summed E-state index contributed by atoms with van der Waals surface area (Å²) in [7, 11) is -3.29. The van der Waals surface area contributed by atoms with Crippen molar-refractivity contribution in [2.24, 2.45) is 0 Å². The monoisotopic (exact) mass is 307 g/mol. The second kappa shape index (κ2) is 6.06. The van der Waals surface area contributed by atoms with E-state index in [1.807, 2.05) is 0 Å². The van der Waals surface area contributed by atoms with Gasteiger partial charge in [-0.15, -0.1) is 5.10 Å². The van der Waals surface area contributed by atoms with Crippen molar-refractivity contribution in [2.75, 3.05) is 12.0 Å². The molecular formula is C9H13N3O5S2. The SMILES string of the molecule is Cc1nnsc1C(=O)NC(CCS(C)(=O)=O)C(=O)O. The zero-order chi connectivity index (χ0) is 14.6. The van der Waals surface area contributed by atoms with Crippen molar-refractivity contribution in [3.63, 3.8) is 0 Å². The highest BCUT2D eigenvalue weighted by Gasteiger charge is 2.24. The minimum absolute atomic E-state index is 0.189. The normalized spacial score (nSPS) is 12.9. The molecule has 1 aromatic rings. The van der Waals surface area contributed by atoms with E-state index in [1.165, 1.54) is 0 Å². The standard InChI is InChI=1S/C9H13N3O5S2/c1-5-7(18-12-11-5)8(13)10-6(9(14)15)3-4-19(2,16)17/h6H,3-4H2,1-2H3,(H,10,13)(H,14,15). The van der Waals surface area contributed by atoms with Gasteiger partial charge < -0.3 is 10.4 Å². The van der Waals surface area contributed by atoms with Crippen LogP contribution in [0.5, 0.6) is 0 Å². The van der Waals surface area contributed by atoms with Crippen LogP contribution >= 0.6 is 11.5 Å². The van der Waals surface area contributed by atoms with Crippen molar-refractivity contribution in [2.45, 2.75) is 19.4 Å². The molecule has 1 atom stereocenters. The molecule has 0 bridgehead atoms. The number of hydrogen-bond acceptors (Lipinski definition) is 7. The highest BCUT2D eigenvalue weighted by atomic mass is 32.2. The molecule has 0 aromatic carbocycles. The Morgan fingerprint density at radius 3 is 2.53 bits per heavy atom. The third-order valence-electron chi connectivity index (χ3n) is 2.24. The Kier molecular flexibility index (Phi) is 4.95.